The molecule has 3 aliphatic carbocycles. The number of benzene rings is 2. The smallest absolute Gasteiger partial charge is 0.310 e. The fraction of sp³-hybridized carbons (Fsp3) is 0.487. The van der Waals surface area contributed by atoms with Gasteiger partial charge in [-0.25, -0.2) is 0 Å². The predicted octanol–water partition coefficient (Wildman–Crippen LogP) is 5.52. The number of hydrogen-bond donors (Lipinski definition) is 2. The van der Waals surface area contributed by atoms with E-state index in [4.69, 9.17) is 23.7 Å². The van der Waals surface area contributed by atoms with Crippen LogP contribution in [0.4, 0.5) is 0 Å². The van der Waals surface area contributed by atoms with Crippen molar-refractivity contribution >= 4 is 11.8 Å². The number of carbonyl (C=O) groups is 2. The molecule has 0 amide bonds. The number of carbonyl (C=O) groups excluding carboxylic acids is 2. The van der Waals surface area contributed by atoms with Gasteiger partial charge in [-0.2, -0.15) is 0 Å². The van der Waals surface area contributed by atoms with Crippen LogP contribution in [-0.2, 0) is 41.4 Å². The number of methoxy groups -OCH3 is 1. The van der Waals surface area contributed by atoms with E-state index in [2.05, 4.69) is 31.7 Å². The van der Waals surface area contributed by atoms with Crippen LogP contribution in [0.2, 0.25) is 0 Å². The summed E-state index contributed by atoms with van der Waals surface area (Å²) in [6, 6.07) is 14.8. The molecular formula is C39H44O9. The number of aromatic hydroxyl groups is 1. The molecular weight excluding hydrogens is 612 g/mol. The summed E-state index contributed by atoms with van der Waals surface area (Å²) in [7, 11) is 1.45. The lowest BCUT2D eigenvalue weighted by Gasteiger charge is -2.60. The summed E-state index contributed by atoms with van der Waals surface area (Å²) in [4.78, 5) is 26.8. The molecule has 3 bridgehead atoms. The first-order valence-electron chi connectivity index (χ1n) is 16.8. The molecule has 0 radical (unpaired) electrons. The van der Waals surface area contributed by atoms with Gasteiger partial charge in [0.05, 0.1) is 19.1 Å². The average Bonchev–Trinajstić information content (AvgIpc) is 3.43. The van der Waals surface area contributed by atoms with Crippen molar-refractivity contribution < 1.29 is 43.5 Å². The minimum atomic E-state index is -1.71. The summed E-state index contributed by atoms with van der Waals surface area (Å²) < 4.78 is 32.0. The molecule has 9 heteroatoms. The monoisotopic (exact) mass is 656 g/mol. The molecule has 2 saturated heterocycles. The van der Waals surface area contributed by atoms with Crippen LogP contribution < -0.4 is 4.74 Å². The van der Waals surface area contributed by atoms with E-state index in [1.54, 1.807) is 19.1 Å². The summed E-state index contributed by atoms with van der Waals surface area (Å²) in [5.41, 5.74) is 0.262. The Balaban J connectivity index is 1.25. The second-order valence-electron chi connectivity index (χ2n) is 14.3. The molecule has 2 aromatic carbocycles. The third-order valence-corrected chi connectivity index (χ3v) is 11.4. The van der Waals surface area contributed by atoms with Crippen molar-refractivity contribution in [3.63, 3.8) is 0 Å². The van der Waals surface area contributed by atoms with Crippen molar-refractivity contribution in [1.29, 1.82) is 0 Å². The molecule has 5 aliphatic rings. The SMILES string of the molecule is C=C(C)[C@]12C[C@@H](C)[C@@]34OC(CCc5ccccc5)(O[C@@H]1[C@@H]3/C=C(/COC(=O)Cc1ccc(O)c(OC)c1)CC[C@]1(O)C(=O)C(C)=C[C@@H]41)O2. The van der Waals surface area contributed by atoms with E-state index in [0.29, 0.717) is 36.8 Å². The minimum Gasteiger partial charge on any atom is -0.504 e. The van der Waals surface area contributed by atoms with Crippen LogP contribution in [0.5, 0.6) is 11.5 Å². The molecule has 3 fully saturated rings. The number of phenols is 1. The fourth-order valence-corrected chi connectivity index (χ4v) is 8.98. The zero-order chi connectivity index (χ0) is 34.1. The van der Waals surface area contributed by atoms with Crippen LogP contribution in [0.1, 0.15) is 57.6 Å². The molecule has 0 spiro atoms. The highest BCUT2D eigenvalue weighted by Crippen LogP contribution is 2.68. The number of ether oxygens (including phenoxy) is 5. The number of aliphatic hydroxyl groups is 1. The molecule has 2 heterocycles. The first-order valence-corrected chi connectivity index (χ1v) is 16.8. The molecule has 9 nitrogen and oxygen atoms in total. The zero-order valence-electron chi connectivity index (χ0n) is 28.0. The Morgan fingerprint density at radius 2 is 1.88 bits per heavy atom. The van der Waals surface area contributed by atoms with Crippen LogP contribution in [-0.4, -0.2) is 64.6 Å². The summed E-state index contributed by atoms with van der Waals surface area (Å²) in [6.07, 6.45) is 5.58. The van der Waals surface area contributed by atoms with Gasteiger partial charge in [0.25, 0.3) is 5.97 Å². The van der Waals surface area contributed by atoms with Crippen LogP contribution in [0, 0.1) is 17.8 Å². The van der Waals surface area contributed by atoms with Gasteiger partial charge in [-0.05, 0) is 85.4 Å². The van der Waals surface area contributed by atoms with Crippen LogP contribution in [0.15, 0.2) is 84.0 Å². The Labute approximate surface area is 281 Å². The summed E-state index contributed by atoms with van der Waals surface area (Å²) in [5, 5.41) is 22.3. The Morgan fingerprint density at radius 1 is 1.10 bits per heavy atom. The van der Waals surface area contributed by atoms with Crippen molar-refractivity contribution in [2.45, 2.75) is 88.2 Å². The Kier molecular flexibility index (Phi) is 7.98. The lowest BCUT2D eigenvalue weighted by molar-refractivity contribution is -0.425. The third kappa shape index (κ3) is 4.97. The molecule has 1 saturated carbocycles. The minimum absolute atomic E-state index is 0.0152. The maximum atomic E-state index is 13.8. The maximum Gasteiger partial charge on any atom is 0.310 e. The van der Waals surface area contributed by atoms with Crippen molar-refractivity contribution in [2.75, 3.05) is 13.7 Å². The van der Waals surface area contributed by atoms with Crippen molar-refractivity contribution in [3.05, 3.63) is 95.1 Å². The van der Waals surface area contributed by atoms with Gasteiger partial charge in [0.1, 0.15) is 23.9 Å². The largest absolute Gasteiger partial charge is 0.504 e. The molecule has 254 valence electrons. The van der Waals surface area contributed by atoms with Gasteiger partial charge in [-0.1, -0.05) is 62.1 Å². The van der Waals surface area contributed by atoms with Crippen LogP contribution in [0.3, 0.4) is 0 Å². The van der Waals surface area contributed by atoms with Gasteiger partial charge in [0.15, 0.2) is 17.3 Å². The Bertz CT molecular complexity index is 1710. The molecule has 0 aromatic heterocycles. The number of aryl methyl sites for hydroxylation is 1. The van der Waals surface area contributed by atoms with Gasteiger partial charge in [-0.3, -0.25) is 9.59 Å². The van der Waals surface area contributed by atoms with Crippen LogP contribution >= 0.6 is 0 Å². The Hall–Kier alpha value is -3.76. The molecule has 7 rings (SSSR count). The van der Waals surface area contributed by atoms with E-state index in [-0.39, 0.29) is 42.6 Å². The second-order valence-corrected chi connectivity index (χ2v) is 14.3. The fourth-order valence-electron chi connectivity index (χ4n) is 8.98. The summed E-state index contributed by atoms with van der Waals surface area (Å²) >= 11 is 0. The molecule has 48 heavy (non-hydrogen) atoms. The summed E-state index contributed by atoms with van der Waals surface area (Å²) in [5.74, 6) is -3.13. The van der Waals surface area contributed by atoms with Crippen LogP contribution in [0.25, 0.3) is 0 Å². The van der Waals surface area contributed by atoms with Crippen molar-refractivity contribution in [2.24, 2.45) is 17.8 Å². The number of Topliss-reactive ketones (excluding diaryl/α,β-unsaturated/α-hetero) is 1. The number of esters is 1. The molecule has 2 N–H and O–H groups in total. The van der Waals surface area contributed by atoms with E-state index in [0.717, 1.165) is 16.7 Å². The highest BCUT2D eigenvalue weighted by molar-refractivity contribution is 6.04. The van der Waals surface area contributed by atoms with Gasteiger partial charge in [0, 0.05) is 18.3 Å². The van der Waals surface area contributed by atoms with Crippen molar-refractivity contribution in [3.8, 4) is 11.5 Å². The van der Waals surface area contributed by atoms with Crippen molar-refractivity contribution in [1.82, 2.24) is 0 Å². The molecule has 1 unspecified atom stereocenters. The van der Waals surface area contributed by atoms with E-state index in [1.807, 2.05) is 31.2 Å². The number of rotatable bonds is 9. The standard InChI is InChI=1S/C39H44O9/c1-23(2)37-21-25(4)39-29(35(37)46-38(47-37,48-39)16-14-26-9-7-6-8-10-26)18-28(13-15-36(43)32(39)17-24(3)34(36)42)22-45-33(41)20-27-11-12-30(40)31(19-27)44-5/h6-12,17-19,25,29,32,35,40,43H,1,13-16,20-22H2,2-5H3/b28-18+/t25-,29+,32-,35-,36-,37-,38?,39-/m1/s1. The molecule has 2 aromatic rings. The van der Waals surface area contributed by atoms with Gasteiger partial charge in [-0.15, -0.1) is 0 Å². The number of phenolic OH excluding ortho intramolecular Hbond substituents is 1. The number of fused-ring (bicyclic) bond motifs is 2. The topological polar surface area (TPSA) is 121 Å². The quantitative estimate of drug-likeness (QED) is 0.265. The lowest BCUT2D eigenvalue weighted by Crippen LogP contribution is -2.71. The van der Waals surface area contributed by atoms with Gasteiger partial charge < -0.3 is 33.9 Å². The van der Waals surface area contributed by atoms with E-state index >= 15 is 0 Å². The zero-order valence-corrected chi connectivity index (χ0v) is 28.0. The third-order valence-electron chi connectivity index (χ3n) is 11.4. The molecule has 8 atom stereocenters. The number of ketones is 1. The van der Waals surface area contributed by atoms with E-state index < -0.39 is 46.7 Å². The predicted molar refractivity (Wildman–Crippen MR) is 176 cm³/mol. The Morgan fingerprint density at radius 3 is 2.60 bits per heavy atom. The van der Waals surface area contributed by atoms with Gasteiger partial charge >= 0.3 is 5.97 Å². The normalized spacial score (nSPS) is 37.4. The van der Waals surface area contributed by atoms with E-state index in [1.165, 1.54) is 13.2 Å². The van der Waals surface area contributed by atoms with E-state index in [9.17, 15) is 19.8 Å². The maximum absolute atomic E-state index is 13.8. The highest BCUT2D eigenvalue weighted by Gasteiger charge is 2.78. The summed E-state index contributed by atoms with van der Waals surface area (Å²) in [6.45, 7) is 10.2. The lowest BCUT2D eigenvalue weighted by atomic mass is 9.53. The highest BCUT2D eigenvalue weighted by atomic mass is 16.9. The number of hydrogen-bond acceptors (Lipinski definition) is 9. The average molecular weight is 657 g/mol. The molecule has 2 aliphatic heterocycles. The first kappa shape index (κ1) is 32.8. The first-order chi connectivity index (χ1) is 22.9. The second kappa shape index (κ2) is 11.7. The van der Waals surface area contributed by atoms with Gasteiger partial charge in [0.2, 0.25) is 0 Å².